The molecule has 1 saturated heterocycles. The van der Waals surface area contributed by atoms with Crippen molar-refractivity contribution in [2.24, 2.45) is 5.92 Å². The Morgan fingerprint density at radius 2 is 2.12 bits per heavy atom. The number of hydrogen-bond acceptors (Lipinski definition) is 3. The van der Waals surface area contributed by atoms with Gasteiger partial charge in [-0.2, -0.15) is 0 Å². The Labute approximate surface area is 102 Å². The first-order valence-corrected chi connectivity index (χ1v) is 5.86. The van der Waals surface area contributed by atoms with Crippen LogP contribution in [0.25, 0.3) is 0 Å². The van der Waals surface area contributed by atoms with Gasteiger partial charge >= 0.3 is 5.97 Å². The molecule has 1 unspecified atom stereocenters. The number of cyclic esters (lactones) is 1. The van der Waals surface area contributed by atoms with Crippen molar-refractivity contribution in [3.8, 4) is 0 Å². The minimum Gasteiger partial charge on any atom is -0.507 e. The first-order valence-electron chi connectivity index (χ1n) is 5.86. The maximum atomic E-state index is 11.5. The summed E-state index contributed by atoms with van der Waals surface area (Å²) in [5.74, 6) is -0.410. The van der Waals surface area contributed by atoms with Crippen molar-refractivity contribution < 1.29 is 14.6 Å². The van der Waals surface area contributed by atoms with Gasteiger partial charge in [0, 0.05) is 5.92 Å². The van der Waals surface area contributed by atoms with E-state index in [0.717, 1.165) is 23.1 Å². The molecule has 0 aromatic heterocycles. The Hall–Kier alpha value is -1.51. The molecule has 0 amide bonds. The van der Waals surface area contributed by atoms with E-state index in [2.05, 4.69) is 6.58 Å². The van der Waals surface area contributed by atoms with Crippen molar-refractivity contribution in [1.82, 2.24) is 0 Å². The van der Waals surface area contributed by atoms with E-state index >= 15 is 0 Å². The number of allylic oxidation sites excluding steroid dienone is 3. The lowest BCUT2D eigenvalue weighted by molar-refractivity contribution is -0.135. The number of carbonyl (C=O) groups excluding carboxylic acids is 1. The van der Waals surface area contributed by atoms with Gasteiger partial charge in [-0.3, -0.25) is 0 Å². The lowest BCUT2D eigenvalue weighted by atomic mass is 9.94. The highest BCUT2D eigenvalue weighted by molar-refractivity contribution is 5.92. The van der Waals surface area contributed by atoms with E-state index in [4.69, 9.17) is 4.74 Å². The van der Waals surface area contributed by atoms with Gasteiger partial charge in [0.05, 0.1) is 12.2 Å². The summed E-state index contributed by atoms with van der Waals surface area (Å²) in [6.45, 7) is 11.8. The average Bonchev–Trinajstić information content (AvgIpc) is 2.58. The summed E-state index contributed by atoms with van der Waals surface area (Å²) < 4.78 is 4.92. The Morgan fingerprint density at radius 3 is 2.47 bits per heavy atom. The van der Waals surface area contributed by atoms with Gasteiger partial charge in [0.15, 0.2) is 0 Å². The highest BCUT2D eigenvalue weighted by Crippen LogP contribution is 2.29. The zero-order valence-electron chi connectivity index (χ0n) is 11.0. The van der Waals surface area contributed by atoms with Crippen LogP contribution in [0.4, 0.5) is 0 Å². The van der Waals surface area contributed by atoms with Crippen molar-refractivity contribution in [3.05, 3.63) is 34.6 Å². The maximum absolute atomic E-state index is 11.5. The molecule has 0 aliphatic carbocycles. The molecular weight excluding hydrogens is 216 g/mol. The van der Waals surface area contributed by atoms with Gasteiger partial charge < -0.3 is 9.84 Å². The van der Waals surface area contributed by atoms with Crippen LogP contribution in [0.3, 0.4) is 0 Å². The highest BCUT2D eigenvalue weighted by Gasteiger charge is 2.31. The fourth-order valence-electron chi connectivity index (χ4n) is 2.12. The zero-order valence-corrected chi connectivity index (χ0v) is 11.0. The smallest absolute Gasteiger partial charge is 0.338 e. The third-order valence-corrected chi connectivity index (χ3v) is 3.11. The minimum atomic E-state index is -0.411. The predicted octanol–water partition coefficient (Wildman–Crippen LogP) is 3.29. The van der Waals surface area contributed by atoms with Crippen LogP contribution in [-0.4, -0.2) is 17.7 Å². The standard InChI is InChI=1S/C14H20O3/c1-6-11(8(2)3)10(5)13(15)12-9(4)7-17-14(12)16/h9,15H,2,6-7H2,1,3-5H3/b11-10-,13-12-. The first kappa shape index (κ1) is 13.6. The molecule has 17 heavy (non-hydrogen) atoms. The minimum absolute atomic E-state index is 0.0549. The van der Waals surface area contributed by atoms with Gasteiger partial charge in [-0.05, 0) is 31.4 Å². The number of esters is 1. The van der Waals surface area contributed by atoms with E-state index in [-0.39, 0.29) is 11.7 Å². The van der Waals surface area contributed by atoms with Crippen molar-refractivity contribution in [3.63, 3.8) is 0 Å². The molecule has 0 bridgehead atoms. The topological polar surface area (TPSA) is 46.5 Å². The zero-order chi connectivity index (χ0) is 13.2. The molecule has 1 fully saturated rings. The molecular formula is C14H20O3. The van der Waals surface area contributed by atoms with Gasteiger partial charge in [0.2, 0.25) is 0 Å². The number of hydrogen-bond donors (Lipinski definition) is 1. The van der Waals surface area contributed by atoms with E-state index in [9.17, 15) is 9.90 Å². The van der Waals surface area contributed by atoms with Crippen molar-refractivity contribution in [2.45, 2.75) is 34.1 Å². The molecule has 0 radical (unpaired) electrons. The van der Waals surface area contributed by atoms with Crippen LogP contribution in [0.2, 0.25) is 0 Å². The first-order chi connectivity index (χ1) is 7.90. The number of ether oxygens (including phenoxy) is 1. The summed E-state index contributed by atoms with van der Waals surface area (Å²) >= 11 is 0. The molecule has 1 rings (SSSR count). The molecule has 1 heterocycles. The van der Waals surface area contributed by atoms with Crippen LogP contribution in [0.1, 0.15) is 34.1 Å². The van der Waals surface area contributed by atoms with Gasteiger partial charge in [0.1, 0.15) is 5.76 Å². The molecule has 0 spiro atoms. The van der Waals surface area contributed by atoms with Crippen LogP contribution in [-0.2, 0) is 9.53 Å². The second-order valence-electron chi connectivity index (χ2n) is 4.50. The average molecular weight is 236 g/mol. The summed E-state index contributed by atoms with van der Waals surface area (Å²) in [6.07, 6.45) is 0.780. The van der Waals surface area contributed by atoms with Crippen LogP contribution in [0, 0.1) is 5.92 Å². The highest BCUT2D eigenvalue weighted by atomic mass is 16.5. The van der Waals surface area contributed by atoms with E-state index < -0.39 is 5.97 Å². The molecule has 0 aromatic carbocycles. The van der Waals surface area contributed by atoms with E-state index in [1.807, 2.05) is 27.7 Å². The third kappa shape index (κ3) is 2.60. The van der Waals surface area contributed by atoms with Crippen molar-refractivity contribution >= 4 is 5.97 Å². The number of rotatable bonds is 3. The van der Waals surface area contributed by atoms with Gasteiger partial charge in [-0.25, -0.2) is 4.79 Å². The summed E-state index contributed by atoms with van der Waals surface area (Å²) in [5.41, 5.74) is 3.01. The quantitative estimate of drug-likeness (QED) is 0.354. The molecule has 1 atom stereocenters. The van der Waals surface area contributed by atoms with Crippen LogP contribution in [0.15, 0.2) is 34.6 Å². The van der Waals surface area contributed by atoms with Crippen LogP contribution >= 0.6 is 0 Å². The summed E-state index contributed by atoms with van der Waals surface area (Å²) in [6, 6.07) is 0. The lowest BCUT2D eigenvalue weighted by Crippen LogP contribution is -2.06. The Balaban J connectivity index is 3.28. The molecule has 1 aliphatic heterocycles. The molecule has 0 saturated carbocycles. The van der Waals surface area contributed by atoms with E-state index in [1.54, 1.807) is 0 Å². The van der Waals surface area contributed by atoms with Crippen LogP contribution < -0.4 is 0 Å². The van der Waals surface area contributed by atoms with Crippen molar-refractivity contribution in [1.29, 1.82) is 0 Å². The molecule has 3 heteroatoms. The van der Waals surface area contributed by atoms with Crippen LogP contribution in [0.5, 0.6) is 0 Å². The SMILES string of the molecule is C=C(C)/C(CC)=C(C)\C(O)=C1\C(=O)OCC1C. The second kappa shape index (κ2) is 5.21. The maximum Gasteiger partial charge on any atom is 0.338 e. The molecule has 3 nitrogen and oxygen atoms in total. The summed E-state index contributed by atoms with van der Waals surface area (Å²) in [4.78, 5) is 11.5. The Morgan fingerprint density at radius 1 is 1.53 bits per heavy atom. The van der Waals surface area contributed by atoms with Gasteiger partial charge in [0.25, 0.3) is 0 Å². The molecule has 1 aliphatic rings. The predicted molar refractivity (Wildman–Crippen MR) is 67.6 cm³/mol. The van der Waals surface area contributed by atoms with Gasteiger partial charge in [-0.15, -0.1) is 0 Å². The number of aliphatic hydroxyl groups excluding tert-OH is 1. The largest absolute Gasteiger partial charge is 0.507 e. The lowest BCUT2D eigenvalue weighted by Gasteiger charge is -2.12. The van der Waals surface area contributed by atoms with Gasteiger partial charge in [-0.1, -0.05) is 26.0 Å². The fraction of sp³-hybridized carbons (Fsp3) is 0.500. The monoisotopic (exact) mass is 236 g/mol. The van der Waals surface area contributed by atoms with Crippen molar-refractivity contribution in [2.75, 3.05) is 6.61 Å². The summed E-state index contributed by atoms with van der Waals surface area (Å²) in [7, 11) is 0. The molecule has 1 N–H and O–H groups in total. The van der Waals surface area contributed by atoms with E-state index in [0.29, 0.717) is 12.2 Å². The Kier molecular flexibility index (Phi) is 4.16. The summed E-state index contributed by atoms with van der Waals surface area (Å²) in [5, 5.41) is 10.2. The molecule has 0 aromatic rings. The number of aliphatic hydroxyl groups is 1. The Bertz CT molecular complexity index is 413. The third-order valence-electron chi connectivity index (χ3n) is 3.11. The molecule has 94 valence electrons. The second-order valence-corrected chi connectivity index (χ2v) is 4.50. The normalized spacial score (nSPS) is 24.2. The van der Waals surface area contributed by atoms with E-state index in [1.165, 1.54) is 0 Å². The number of carbonyl (C=O) groups is 1. The fourth-order valence-corrected chi connectivity index (χ4v) is 2.12.